The van der Waals surface area contributed by atoms with E-state index < -0.39 is 0 Å². The number of nitrogens with two attached hydrogens (primary N) is 1. The highest BCUT2D eigenvalue weighted by Gasteiger charge is 1.99. The van der Waals surface area contributed by atoms with Crippen LogP contribution in [0.2, 0.25) is 0 Å². The SMILES string of the molecule is CC(=CCCN)C(=S)N(C)C. The Morgan fingerprint density at radius 1 is 1.55 bits per heavy atom. The van der Waals surface area contributed by atoms with E-state index >= 15 is 0 Å². The van der Waals surface area contributed by atoms with Crippen LogP contribution in [-0.4, -0.2) is 30.5 Å². The molecule has 0 spiro atoms. The van der Waals surface area contributed by atoms with Crippen LogP contribution in [0.1, 0.15) is 13.3 Å². The molecular formula is C8H16N2S. The lowest BCUT2D eigenvalue weighted by molar-refractivity contribution is 0.634. The lowest BCUT2D eigenvalue weighted by Gasteiger charge is -2.13. The molecule has 11 heavy (non-hydrogen) atoms. The molecule has 64 valence electrons. The first-order valence-corrected chi connectivity index (χ1v) is 4.09. The zero-order valence-corrected chi connectivity index (χ0v) is 8.24. The lowest BCUT2D eigenvalue weighted by atomic mass is 10.2. The summed E-state index contributed by atoms with van der Waals surface area (Å²) in [4.78, 5) is 2.82. The third-order valence-corrected chi connectivity index (χ3v) is 2.05. The molecule has 3 heteroatoms. The molecule has 2 N–H and O–H groups in total. The first kappa shape index (κ1) is 10.6. The molecule has 0 rings (SSSR count). The van der Waals surface area contributed by atoms with Crippen LogP contribution < -0.4 is 5.73 Å². The van der Waals surface area contributed by atoms with Crippen LogP contribution in [0, 0.1) is 0 Å². The van der Waals surface area contributed by atoms with Gasteiger partial charge in [0.05, 0.1) is 0 Å². The molecule has 0 fully saturated rings. The molecule has 0 saturated heterocycles. The molecule has 0 radical (unpaired) electrons. The molecule has 0 aliphatic heterocycles. The van der Waals surface area contributed by atoms with Gasteiger partial charge in [-0.25, -0.2) is 0 Å². The van der Waals surface area contributed by atoms with Crippen LogP contribution in [0.15, 0.2) is 11.6 Å². The van der Waals surface area contributed by atoms with Gasteiger partial charge in [-0.2, -0.15) is 0 Å². The van der Waals surface area contributed by atoms with Crippen molar-refractivity contribution < 1.29 is 0 Å². The molecule has 0 aliphatic carbocycles. The van der Waals surface area contributed by atoms with Gasteiger partial charge in [-0.3, -0.25) is 0 Å². The summed E-state index contributed by atoms with van der Waals surface area (Å²) in [5.41, 5.74) is 6.49. The Labute approximate surface area is 74.1 Å². The number of thiocarbonyl (C=S) groups is 1. The van der Waals surface area contributed by atoms with Crippen molar-refractivity contribution >= 4 is 17.2 Å². The fourth-order valence-electron chi connectivity index (χ4n) is 0.740. The van der Waals surface area contributed by atoms with Crippen LogP contribution in [-0.2, 0) is 0 Å². The third-order valence-electron chi connectivity index (χ3n) is 1.36. The minimum atomic E-state index is 0.688. The van der Waals surface area contributed by atoms with Crippen LogP contribution in [0.25, 0.3) is 0 Å². The summed E-state index contributed by atoms with van der Waals surface area (Å²) in [6.45, 7) is 2.70. The van der Waals surface area contributed by atoms with Crippen molar-refractivity contribution in [2.75, 3.05) is 20.6 Å². The van der Waals surface area contributed by atoms with Gasteiger partial charge in [0, 0.05) is 14.1 Å². The number of likely N-dealkylation sites (N-methyl/N-ethyl adjacent to an activating group) is 1. The zero-order chi connectivity index (χ0) is 8.85. The molecule has 0 atom stereocenters. The van der Waals surface area contributed by atoms with Gasteiger partial charge in [-0.1, -0.05) is 18.3 Å². The number of rotatable bonds is 3. The van der Waals surface area contributed by atoms with Gasteiger partial charge >= 0.3 is 0 Å². The second kappa shape index (κ2) is 5.27. The maximum atomic E-state index is 5.35. The summed E-state index contributed by atoms with van der Waals surface area (Å²) in [5.74, 6) is 0. The van der Waals surface area contributed by atoms with Gasteiger partial charge < -0.3 is 10.6 Å². The van der Waals surface area contributed by atoms with Crippen molar-refractivity contribution in [3.8, 4) is 0 Å². The number of nitrogens with zero attached hydrogens (tertiary/aromatic N) is 1. The first-order chi connectivity index (χ1) is 5.09. The van der Waals surface area contributed by atoms with Gasteiger partial charge in [0.2, 0.25) is 0 Å². The molecule has 0 heterocycles. The van der Waals surface area contributed by atoms with Gasteiger partial charge in [0.15, 0.2) is 0 Å². The monoisotopic (exact) mass is 172 g/mol. The summed E-state index contributed by atoms with van der Waals surface area (Å²) < 4.78 is 0. The van der Waals surface area contributed by atoms with Gasteiger partial charge in [0.25, 0.3) is 0 Å². The molecule has 0 amide bonds. The summed E-state index contributed by atoms with van der Waals surface area (Å²) in [6.07, 6.45) is 2.97. The van der Waals surface area contributed by atoms with Gasteiger partial charge in [0.1, 0.15) is 4.99 Å². The van der Waals surface area contributed by atoms with E-state index in [1.807, 2.05) is 25.9 Å². The highest BCUT2D eigenvalue weighted by molar-refractivity contribution is 7.80. The quantitative estimate of drug-likeness (QED) is 0.512. The standard InChI is InChI=1S/C8H16N2S/c1-7(5-4-6-9)8(11)10(2)3/h5H,4,6,9H2,1-3H3. The normalized spacial score (nSPS) is 11.5. The van der Waals surface area contributed by atoms with Crippen molar-refractivity contribution in [1.82, 2.24) is 4.90 Å². The first-order valence-electron chi connectivity index (χ1n) is 3.68. The second-order valence-electron chi connectivity index (χ2n) is 2.66. The van der Waals surface area contributed by atoms with E-state index in [1.165, 1.54) is 0 Å². The molecule has 0 bridgehead atoms. The topological polar surface area (TPSA) is 29.3 Å². The largest absolute Gasteiger partial charge is 0.369 e. The van der Waals surface area contributed by atoms with Crippen LogP contribution in [0.5, 0.6) is 0 Å². The van der Waals surface area contributed by atoms with Crippen LogP contribution >= 0.6 is 12.2 Å². The van der Waals surface area contributed by atoms with Crippen molar-refractivity contribution in [2.24, 2.45) is 5.73 Å². The van der Waals surface area contributed by atoms with E-state index in [-0.39, 0.29) is 0 Å². The molecule has 2 nitrogen and oxygen atoms in total. The predicted molar refractivity (Wildman–Crippen MR) is 53.7 cm³/mol. The van der Waals surface area contributed by atoms with Crippen LogP contribution in [0.4, 0.5) is 0 Å². The Kier molecular flexibility index (Phi) is 5.07. The summed E-state index contributed by atoms with van der Waals surface area (Å²) in [6, 6.07) is 0. The summed E-state index contributed by atoms with van der Waals surface area (Å²) >= 11 is 5.13. The summed E-state index contributed by atoms with van der Waals surface area (Å²) in [5, 5.41) is 0. The minimum absolute atomic E-state index is 0.688. The average Bonchev–Trinajstić information content (AvgIpc) is 1.98. The Bertz CT molecular complexity index is 161. The van der Waals surface area contributed by atoms with E-state index in [4.69, 9.17) is 18.0 Å². The Morgan fingerprint density at radius 3 is 2.45 bits per heavy atom. The fraction of sp³-hybridized carbons (Fsp3) is 0.625. The van der Waals surface area contributed by atoms with Gasteiger partial charge in [-0.15, -0.1) is 0 Å². The van der Waals surface area contributed by atoms with Crippen molar-refractivity contribution in [3.63, 3.8) is 0 Å². The Balaban J connectivity index is 4.01. The molecular weight excluding hydrogens is 156 g/mol. The molecule has 0 aromatic rings. The zero-order valence-electron chi connectivity index (χ0n) is 7.42. The predicted octanol–water partition coefficient (Wildman–Crippen LogP) is 1.17. The fourth-order valence-corrected chi connectivity index (χ4v) is 0.823. The van der Waals surface area contributed by atoms with Crippen molar-refractivity contribution in [1.29, 1.82) is 0 Å². The molecule has 0 aromatic heterocycles. The molecule has 0 saturated carbocycles. The molecule has 0 aliphatic rings. The van der Waals surface area contributed by atoms with E-state index in [2.05, 4.69) is 6.08 Å². The maximum absolute atomic E-state index is 5.35. The molecule has 0 unspecified atom stereocenters. The number of hydrogen-bond acceptors (Lipinski definition) is 2. The molecule has 0 aromatic carbocycles. The van der Waals surface area contributed by atoms with Crippen molar-refractivity contribution in [2.45, 2.75) is 13.3 Å². The van der Waals surface area contributed by atoms with Crippen LogP contribution in [0.3, 0.4) is 0 Å². The van der Waals surface area contributed by atoms with E-state index in [9.17, 15) is 0 Å². The second-order valence-corrected chi connectivity index (χ2v) is 3.05. The maximum Gasteiger partial charge on any atom is 0.103 e. The van der Waals surface area contributed by atoms with Crippen molar-refractivity contribution in [3.05, 3.63) is 11.6 Å². The smallest absolute Gasteiger partial charge is 0.103 e. The Hall–Kier alpha value is -0.410. The minimum Gasteiger partial charge on any atom is -0.369 e. The highest BCUT2D eigenvalue weighted by Crippen LogP contribution is 2.00. The highest BCUT2D eigenvalue weighted by atomic mass is 32.1. The third kappa shape index (κ3) is 4.11. The number of hydrogen-bond donors (Lipinski definition) is 1. The van der Waals surface area contributed by atoms with E-state index in [0.717, 1.165) is 17.0 Å². The van der Waals surface area contributed by atoms with E-state index in [0.29, 0.717) is 6.54 Å². The summed E-state index contributed by atoms with van der Waals surface area (Å²) in [7, 11) is 3.89. The Morgan fingerprint density at radius 2 is 2.09 bits per heavy atom. The average molecular weight is 172 g/mol. The van der Waals surface area contributed by atoms with E-state index in [1.54, 1.807) is 0 Å². The lowest BCUT2D eigenvalue weighted by Crippen LogP contribution is -2.20. The van der Waals surface area contributed by atoms with Gasteiger partial charge in [-0.05, 0) is 25.5 Å².